The van der Waals surface area contributed by atoms with Crippen molar-refractivity contribution in [3.05, 3.63) is 59.2 Å². The van der Waals surface area contributed by atoms with Crippen molar-refractivity contribution in [1.29, 1.82) is 0 Å². The molecule has 0 spiro atoms. The summed E-state index contributed by atoms with van der Waals surface area (Å²) in [6, 6.07) is 11.5. The number of sulfonamides is 1. The summed E-state index contributed by atoms with van der Waals surface area (Å²) in [6.07, 6.45) is 3.33. The third kappa shape index (κ3) is 6.21. The molecule has 2 amide bonds. The first-order valence-electron chi connectivity index (χ1n) is 12.1. The fourth-order valence-electron chi connectivity index (χ4n) is 4.50. The predicted octanol–water partition coefficient (Wildman–Crippen LogP) is 3.25. The monoisotopic (exact) mass is 499 g/mol. The van der Waals surface area contributed by atoms with Crippen molar-refractivity contribution in [2.75, 3.05) is 31.0 Å². The molecule has 1 unspecified atom stereocenters. The van der Waals surface area contributed by atoms with Gasteiger partial charge in [0.1, 0.15) is 0 Å². The average molecular weight is 500 g/mol. The fourth-order valence-corrected chi connectivity index (χ4v) is 5.64. The Kier molecular flexibility index (Phi) is 7.76. The van der Waals surface area contributed by atoms with Gasteiger partial charge >= 0.3 is 0 Å². The van der Waals surface area contributed by atoms with Crippen LogP contribution in [0.3, 0.4) is 0 Å². The molecule has 188 valence electrons. The minimum atomic E-state index is -3.78. The number of rotatable bonds is 7. The molecule has 2 aromatic carbocycles. The molecule has 8 nitrogen and oxygen atoms in total. The number of aryl methyl sites for hydroxylation is 2. The summed E-state index contributed by atoms with van der Waals surface area (Å²) in [5.41, 5.74) is 2.64. The van der Waals surface area contributed by atoms with Crippen molar-refractivity contribution in [3.63, 3.8) is 0 Å². The van der Waals surface area contributed by atoms with Crippen LogP contribution in [0.2, 0.25) is 0 Å². The van der Waals surface area contributed by atoms with Gasteiger partial charge in [-0.3, -0.25) is 14.3 Å². The number of hydrogen-bond acceptors (Lipinski definition) is 5. The highest BCUT2D eigenvalue weighted by atomic mass is 32.2. The second-order valence-corrected chi connectivity index (χ2v) is 11.1. The minimum Gasteiger partial charge on any atom is -0.376 e. The molecular formula is C26H33N3O5S. The van der Waals surface area contributed by atoms with Crippen LogP contribution >= 0.6 is 0 Å². The maximum absolute atomic E-state index is 13.1. The van der Waals surface area contributed by atoms with Crippen molar-refractivity contribution >= 4 is 27.5 Å². The highest BCUT2D eigenvalue weighted by Gasteiger charge is 2.28. The largest absolute Gasteiger partial charge is 0.376 e. The lowest BCUT2D eigenvalue weighted by atomic mass is 9.95. The molecule has 35 heavy (non-hydrogen) atoms. The lowest BCUT2D eigenvalue weighted by Gasteiger charge is -2.31. The van der Waals surface area contributed by atoms with Crippen LogP contribution in [-0.4, -0.2) is 57.5 Å². The lowest BCUT2D eigenvalue weighted by molar-refractivity contribution is -0.126. The fraction of sp³-hybridized carbons (Fsp3) is 0.462. The number of benzene rings is 2. The standard InChI is InChI=1S/C26H33N3O5S/c1-18-8-9-24(15-19(18)2)35(32,33)28-22-6-3-5-21(16-22)26(31)29-12-10-20(11-13-29)25(30)27-17-23-7-4-14-34-23/h3,5-6,8-9,15-16,20,23,28H,4,7,10-14,17H2,1-2H3,(H,27,30). The number of carbonyl (C=O) groups is 2. The van der Waals surface area contributed by atoms with Crippen LogP contribution in [0.15, 0.2) is 47.4 Å². The molecule has 2 aromatic rings. The van der Waals surface area contributed by atoms with E-state index in [0.29, 0.717) is 43.7 Å². The molecule has 2 aliphatic rings. The minimum absolute atomic E-state index is 0.0235. The first-order chi connectivity index (χ1) is 16.7. The summed E-state index contributed by atoms with van der Waals surface area (Å²) in [5.74, 6) is -0.262. The Morgan fingerprint density at radius 1 is 1.03 bits per heavy atom. The zero-order valence-electron chi connectivity index (χ0n) is 20.2. The van der Waals surface area contributed by atoms with Gasteiger partial charge in [-0.25, -0.2) is 8.42 Å². The van der Waals surface area contributed by atoms with Gasteiger partial charge in [0.15, 0.2) is 0 Å². The average Bonchev–Trinajstić information content (AvgIpc) is 3.37. The third-order valence-electron chi connectivity index (χ3n) is 6.83. The molecule has 2 heterocycles. The van der Waals surface area contributed by atoms with Gasteiger partial charge in [0, 0.05) is 43.4 Å². The van der Waals surface area contributed by atoms with Gasteiger partial charge in [0.2, 0.25) is 5.91 Å². The molecule has 2 fully saturated rings. The smallest absolute Gasteiger partial charge is 0.261 e. The summed E-state index contributed by atoms with van der Waals surface area (Å²) in [7, 11) is -3.78. The Balaban J connectivity index is 1.34. The van der Waals surface area contributed by atoms with Crippen molar-refractivity contribution in [1.82, 2.24) is 10.2 Å². The number of nitrogens with zero attached hydrogens (tertiary/aromatic N) is 1. The Labute approximate surface area is 207 Å². The molecule has 0 saturated carbocycles. The Bertz CT molecular complexity index is 1180. The van der Waals surface area contributed by atoms with Crippen molar-refractivity contribution < 1.29 is 22.7 Å². The van der Waals surface area contributed by atoms with E-state index in [0.717, 1.165) is 30.6 Å². The van der Waals surface area contributed by atoms with Crippen molar-refractivity contribution in [2.45, 2.75) is 50.5 Å². The number of amides is 2. The van der Waals surface area contributed by atoms with Crippen LogP contribution in [0.1, 0.15) is 47.2 Å². The van der Waals surface area contributed by atoms with E-state index in [-0.39, 0.29) is 28.7 Å². The van der Waals surface area contributed by atoms with Gasteiger partial charge in [-0.05, 0) is 81.0 Å². The van der Waals surface area contributed by atoms with Crippen LogP contribution in [0.25, 0.3) is 0 Å². The topological polar surface area (TPSA) is 105 Å². The Morgan fingerprint density at radius 2 is 1.80 bits per heavy atom. The summed E-state index contributed by atoms with van der Waals surface area (Å²) in [6.45, 7) is 6.06. The maximum atomic E-state index is 13.1. The second-order valence-electron chi connectivity index (χ2n) is 9.38. The molecule has 0 aromatic heterocycles. The zero-order chi connectivity index (χ0) is 25.0. The van der Waals surface area contributed by atoms with E-state index < -0.39 is 10.0 Å². The number of ether oxygens (including phenoxy) is 1. The summed E-state index contributed by atoms with van der Waals surface area (Å²) >= 11 is 0. The Morgan fingerprint density at radius 3 is 2.49 bits per heavy atom. The van der Waals surface area contributed by atoms with Crippen LogP contribution < -0.4 is 10.0 Å². The number of piperidine rings is 1. The zero-order valence-corrected chi connectivity index (χ0v) is 21.1. The third-order valence-corrected chi connectivity index (χ3v) is 8.21. The van der Waals surface area contributed by atoms with Crippen LogP contribution in [0.4, 0.5) is 5.69 Å². The van der Waals surface area contributed by atoms with Gasteiger partial charge in [0.25, 0.3) is 15.9 Å². The second kappa shape index (κ2) is 10.8. The van der Waals surface area contributed by atoms with Crippen molar-refractivity contribution in [3.8, 4) is 0 Å². The van der Waals surface area contributed by atoms with E-state index in [1.54, 1.807) is 47.4 Å². The molecule has 0 radical (unpaired) electrons. The Hall–Kier alpha value is -2.91. The number of hydrogen-bond donors (Lipinski definition) is 2. The van der Waals surface area contributed by atoms with E-state index in [2.05, 4.69) is 10.0 Å². The van der Waals surface area contributed by atoms with Gasteiger partial charge in [-0.1, -0.05) is 12.1 Å². The quantitative estimate of drug-likeness (QED) is 0.609. The molecule has 2 N–H and O–H groups in total. The van der Waals surface area contributed by atoms with Crippen molar-refractivity contribution in [2.24, 2.45) is 5.92 Å². The predicted molar refractivity (Wildman–Crippen MR) is 134 cm³/mol. The number of nitrogens with one attached hydrogen (secondary N) is 2. The van der Waals surface area contributed by atoms with E-state index >= 15 is 0 Å². The van der Waals surface area contributed by atoms with Crippen LogP contribution in [-0.2, 0) is 19.6 Å². The van der Waals surface area contributed by atoms with E-state index in [4.69, 9.17) is 4.74 Å². The maximum Gasteiger partial charge on any atom is 0.261 e. The van der Waals surface area contributed by atoms with Gasteiger partial charge in [-0.2, -0.15) is 0 Å². The van der Waals surface area contributed by atoms with Crippen LogP contribution in [0, 0.1) is 19.8 Å². The number of anilines is 1. The van der Waals surface area contributed by atoms with Gasteiger partial charge < -0.3 is 15.0 Å². The highest BCUT2D eigenvalue weighted by Crippen LogP contribution is 2.23. The summed E-state index contributed by atoms with van der Waals surface area (Å²) in [4.78, 5) is 27.5. The molecule has 1 atom stereocenters. The number of carbonyl (C=O) groups excluding carboxylic acids is 2. The SMILES string of the molecule is Cc1ccc(S(=O)(=O)Nc2cccc(C(=O)N3CCC(C(=O)NCC4CCCO4)CC3)c2)cc1C. The summed E-state index contributed by atoms with van der Waals surface area (Å²) < 4.78 is 33.8. The van der Waals surface area contributed by atoms with Gasteiger partial charge in [0.05, 0.1) is 11.0 Å². The first kappa shape index (κ1) is 25.2. The molecule has 2 aliphatic heterocycles. The molecular weight excluding hydrogens is 466 g/mol. The first-order valence-corrected chi connectivity index (χ1v) is 13.6. The van der Waals surface area contributed by atoms with Gasteiger partial charge in [-0.15, -0.1) is 0 Å². The highest BCUT2D eigenvalue weighted by molar-refractivity contribution is 7.92. The molecule has 2 saturated heterocycles. The van der Waals surface area contributed by atoms with E-state index in [1.165, 1.54) is 0 Å². The van der Waals surface area contributed by atoms with Crippen LogP contribution in [0.5, 0.6) is 0 Å². The van der Waals surface area contributed by atoms with E-state index in [1.807, 2.05) is 13.8 Å². The molecule has 0 aliphatic carbocycles. The number of likely N-dealkylation sites (tertiary alicyclic amines) is 1. The molecule has 9 heteroatoms. The van der Waals surface area contributed by atoms with E-state index in [9.17, 15) is 18.0 Å². The molecule has 4 rings (SSSR count). The normalized spacial score (nSPS) is 18.9. The molecule has 0 bridgehead atoms. The summed E-state index contributed by atoms with van der Waals surface area (Å²) in [5, 5.41) is 2.99. The lowest BCUT2D eigenvalue weighted by Crippen LogP contribution is -2.44.